The van der Waals surface area contributed by atoms with Crippen LogP contribution in [0.2, 0.25) is 0 Å². The first-order valence-electron chi connectivity index (χ1n) is 5.18. The van der Waals surface area contributed by atoms with E-state index in [0.717, 1.165) is 23.9 Å². The van der Waals surface area contributed by atoms with E-state index in [0.29, 0.717) is 4.90 Å². The van der Waals surface area contributed by atoms with E-state index >= 15 is 0 Å². The number of hydrogen-bond acceptors (Lipinski definition) is 5. The Morgan fingerprint density at radius 3 is 2.70 bits per heavy atom. The fraction of sp³-hybridized carbons (Fsp3) is 0.0909. The van der Waals surface area contributed by atoms with E-state index in [1.54, 1.807) is 0 Å². The van der Waals surface area contributed by atoms with Gasteiger partial charge in [-0.25, -0.2) is 4.98 Å². The van der Waals surface area contributed by atoms with E-state index < -0.39 is 23.1 Å². The molecule has 0 radical (unpaired) electrons. The van der Waals surface area contributed by atoms with E-state index in [2.05, 4.69) is 10.1 Å². The van der Waals surface area contributed by atoms with Crippen molar-refractivity contribution in [2.45, 2.75) is 16.3 Å². The average molecular weight is 303 g/mol. The van der Waals surface area contributed by atoms with Gasteiger partial charge in [0.15, 0.2) is 5.84 Å². The number of halogens is 3. The number of amidine groups is 1. The highest BCUT2D eigenvalue weighted by atomic mass is 32.2. The Labute approximate surface area is 115 Å². The SMILES string of the molecule is N/C(=N/O)c1cc(Sc2ncco2)ccc1C(F)(F)F. The molecule has 9 heteroatoms. The molecular weight excluding hydrogens is 295 g/mol. The van der Waals surface area contributed by atoms with Crippen molar-refractivity contribution >= 4 is 17.6 Å². The maximum Gasteiger partial charge on any atom is 0.417 e. The third kappa shape index (κ3) is 3.05. The smallest absolute Gasteiger partial charge is 0.417 e. The molecule has 0 saturated carbocycles. The highest BCUT2D eigenvalue weighted by Gasteiger charge is 2.34. The minimum Gasteiger partial charge on any atom is -0.440 e. The molecule has 0 unspecified atom stereocenters. The summed E-state index contributed by atoms with van der Waals surface area (Å²) in [6, 6.07) is 3.28. The molecule has 0 saturated heterocycles. The number of oxime groups is 1. The first kappa shape index (κ1) is 14.3. The van der Waals surface area contributed by atoms with Crippen LogP contribution in [-0.4, -0.2) is 16.0 Å². The van der Waals surface area contributed by atoms with E-state index in [1.165, 1.54) is 18.5 Å². The monoisotopic (exact) mass is 303 g/mol. The molecule has 0 aliphatic heterocycles. The van der Waals surface area contributed by atoms with Crippen LogP contribution in [0.3, 0.4) is 0 Å². The Morgan fingerprint density at radius 1 is 1.40 bits per heavy atom. The van der Waals surface area contributed by atoms with Crippen molar-refractivity contribution < 1.29 is 22.8 Å². The zero-order chi connectivity index (χ0) is 14.8. The maximum atomic E-state index is 12.8. The molecule has 0 atom stereocenters. The quantitative estimate of drug-likeness (QED) is 0.394. The van der Waals surface area contributed by atoms with Crippen LogP contribution in [0.5, 0.6) is 0 Å². The average Bonchev–Trinajstić information content (AvgIpc) is 2.89. The number of benzene rings is 1. The first-order valence-corrected chi connectivity index (χ1v) is 6.00. The molecule has 0 spiro atoms. The predicted molar refractivity (Wildman–Crippen MR) is 64.6 cm³/mol. The van der Waals surface area contributed by atoms with Gasteiger partial charge in [-0.3, -0.25) is 0 Å². The summed E-state index contributed by atoms with van der Waals surface area (Å²) >= 11 is 1.02. The highest BCUT2D eigenvalue weighted by molar-refractivity contribution is 7.99. The molecule has 1 aromatic heterocycles. The summed E-state index contributed by atoms with van der Waals surface area (Å²) in [5.74, 6) is -0.618. The third-order valence-corrected chi connectivity index (χ3v) is 3.16. The molecule has 0 fully saturated rings. The fourth-order valence-corrected chi connectivity index (χ4v) is 2.19. The van der Waals surface area contributed by atoms with Crippen molar-refractivity contribution in [2.75, 3.05) is 0 Å². The lowest BCUT2D eigenvalue weighted by atomic mass is 10.1. The summed E-state index contributed by atoms with van der Waals surface area (Å²) in [4.78, 5) is 4.26. The van der Waals surface area contributed by atoms with Gasteiger partial charge in [0.25, 0.3) is 5.22 Å². The van der Waals surface area contributed by atoms with Gasteiger partial charge in [-0.1, -0.05) is 5.16 Å². The number of oxazole rings is 1. The Morgan fingerprint density at radius 2 is 2.15 bits per heavy atom. The molecule has 20 heavy (non-hydrogen) atoms. The summed E-state index contributed by atoms with van der Waals surface area (Å²) in [7, 11) is 0. The van der Waals surface area contributed by atoms with Gasteiger partial charge in [0.2, 0.25) is 0 Å². The van der Waals surface area contributed by atoms with Crippen LogP contribution < -0.4 is 5.73 Å². The predicted octanol–water partition coefficient (Wildman–Crippen LogP) is 2.94. The topological polar surface area (TPSA) is 84.6 Å². The van der Waals surface area contributed by atoms with Gasteiger partial charge in [-0.05, 0) is 30.0 Å². The zero-order valence-corrected chi connectivity index (χ0v) is 10.6. The summed E-state index contributed by atoms with van der Waals surface area (Å²) in [5.41, 5.74) is 3.90. The van der Waals surface area contributed by atoms with Gasteiger partial charge in [0, 0.05) is 10.5 Å². The zero-order valence-electron chi connectivity index (χ0n) is 9.76. The molecule has 106 valence electrons. The van der Waals surface area contributed by atoms with Gasteiger partial charge < -0.3 is 15.4 Å². The Balaban J connectivity index is 2.43. The van der Waals surface area contributed by atoms with Crippen molar-refractivity contribution in [1.29, 1.82) is 0 Å². The van der Waals surface area contributed by atoms with Gasteiger partial charge in [-0.2, -0.15) is 13.2 Å². The van der Waals surface area contributed by atoms with Gasteiger partial charge in [0.05, 0.1) is 11.8 Å². The molecule has 1 heterocycles. The molecule has 0 bridgehead atoms. The van der Waals surface area contributed by atoms with Crippen molar-refractivity contribution in [1.82, 2.24) is 4.98 Å². The molecule has 2 rings (SSSR count). The summed E-state index contributed by atoms with van der Waals surface area (Å²) < 4.78 is 43.5. The number of aromatic nitrogens is 1. The fourth-order valence-electron chi connectivity index (χ4n) is 1.46. The lowest BCUT2D eigenvalue weighted by Crippen LogP contribution is -2.20. The van der Waals surface area contributed by atoms with Crippen LogP contribution in [0, 0.1) is 0 Å². The number of nitrogens with zero attached hydrogens (tertiary/aromatic N) is 2. The van der Waals surface area contributed by atoms with E-state index in [1.807, 2.05) is 0 Å². The molecule has 1 aromatic carbocycles. The normalized spacial score (nSPS) is 12.7. The standard InChI is InChI=1S/C11H8F3N3O2S/c12-11(13,14)8-2-1-6(5-7(8)9(15)17-18)20-10-16-3-4-19-10/h1-5,18H,(H2,15,17). The largest absolute Gasteiger partial charge is 0.440 e. The number of rotatable bonds is 3. The number of nitrogens with two attached hydrogens (primary N) is 1. The number of hydrogen-bond donors (Lipinski definition) is 2. The maximum absolute atomic E-state index is 12.8. The third-order valence-electron chi connectivity index (χ3n) is 2.29. The lowest BCUT2D eigenvalue weighted by molar-refractivity contribution is -0.137. The molecule has 3 N–H and O–H groups in total. The van der Waals surface area contributed by atoms with Crippen molar-refractivity contribution in [3.05, 3.63) is 41.8 Å². The second-order valence-corrected chi connectivity index (χ2v) is 4.62. The second kappa shape index (κ2) is 5.45. The minimum atomic E-state index is -4.60. The Kier molecular flexibility index (Phi) is 3.89. The molecule has 2 aromatic rings. The molecule has 0 aliphatic rings. The van der Waals surface area contributed by atoms with Crippen molar-refractivity contribution in [3.8, 4) is 0 Å². The van der Waals surface area contributed by atoms with Crippen molar-refractivity contribution in [2.24, 2.45) is 10.9 Å². The van der Waals surface area contributed by atoms with Crippen LogP contribution in [0.15, 0.2) is 50.4 Å². The molecule has 0 amide bonds. The van der Waals surface area contributed by atoms with Crippen LogP contribution >= 0.6 is 11.8 Å². The van der Waals surface area contributed by atoms with Crippen LogP contribution in [-0.2, 0) is 6.18 Å². The first-order chi connectivity index (χ1) is 9.41. The Hall–Kier alpha value is -2.16. The van der Waals surface area contributed by atoms with E-state index in [4.69, 9.17) is 15.4 Å². The minimum absolute atomic E-state index is 0.273. The molecule has 5 nitrogen and oxygen atoms in total. The van der Waals surface area contributed by atoms with E-state index in [9.17, 15) is 13.2 Å². The summed E-state index contributed by atoms with van der Waals surface area (Å²) in [6.07, 6.45) is -1.84. The second-order valence-electron chi connectivity index (χ2n) is 3.59. The van der Waals surface area contributed by atoms with Crippen molar-refractivity contribution in [3.63, 3.8) is 0 Å². The van der Waals surface area contributed by atoms with Crippen LogP contribution in [0.4, 0.5) is 13.2 Å². The van der Waals surface area contributed by atoms with Crippen LogP contribution in [0.1, 0.15) is 11.1 Å². The van der Waals surface area contributed by atoms with Gasteiger partial charge >= 0.3 is 6.18 Å². The molecular formula is C11H8F3N3O2S. The van der Waals surface area contributed by atoms with Crippen LogP contribution in [0.25, 0.3) is 0 Å². The lowest BCUT2D eigenvalue weighted by Gasteiger charge is -2.12. The highest BCUT2D eigenvalue weighted by Crippen LogP contribution is 2.35. The molecule has 0 aliphatic carbocycles. The van der Waals surface area contributed by atoms with Gasteiger partial charge in [0.1, 0.15) is 6.26 Å². The van der Waals surface area contributed by atoms with E-state index in [-0.39, 0.29) is 5.22 Å². The summed E-state index contributed by atoms with van der Waals surface area (Å²) in [5, 5.41) is 11.5. The van der Waals surface area contributed by atoms with Gasteiger partial charge in [-0.15, -0.1) is 0 Å². The summed E-state index contributed by atoms with van der Waals surface area (Å²) in [6.45, 7) is 0. The number of alkyl halides is 3. The Bertz CT molecular complexity index is 626.